The van der Waals surface area contributed by atoms with Crippen LogP contribution in [0.2, 0.25) is 0 Å². The fourth-order valence-corrected chi connectivity index (χ4v) is 3.22. The first kappa shape index (κ1) is 19.1. The van der Waals surface area contributed by atoms with Crippen LogP contribution >= 0.6 is 0 Å². The summed E-state index contributed by atoms with van der Waals surface area (Å²) in [7, 11) is 0. The van der Waals surface area contributed by atoms with Crippen molar-refractivity contribution >= 4 is 39.6 Å². The Morgan fingerprint density at radius 2 is 1.60 bits per heavy atom. The van der Waals surface area contributed by atoms with Gasteiger partial charge in [-0.1, -0.05) is 54.6 Å². The van der Waals surface area contributed by atoms with E-state index in [0.717, 1.165) is 16.3 Å². The molecule has 0 saturated carbocycles. The average Bonchev–Trinajstić information content (AvgIpc) is 2.76. The molecule has 0 bridgehead atoms. The van der Waals surface area contributed by atoms with Gasteiger partial charge in [0.2, 0.25) is 5.91 Å². The zero-order chi connectivity index (χ0) is 20.9. The van der Waals surface area contributed by atoms with Crippen LogP contribution in [0.5, 0.6) is 0 Å². The van der Waals surface area contributed by atoms with Gasteiger partial charge in [-0.05, 0) is 40.6 Å². The maximum absolute atomic E-state index is 12.5. The molecule has 4 N–H and O–H groups in total. The van der Waals surface area contributed by atoms with Crippen molar-refractivity contribution in [1.29, 1.82) is 0 Å². The van der Waals surface area contributed by atoms with Gasteiger partial charge in [0.15, 0.2) is 0 Å². The molecule has 3 aromatic carbocycles. The van der Waals surface area contributed by atoms with E-state index >= 15 is 0 Å². The van der Waals surface area contributed by atoms with E-state index in [9.17, 15) is 9.59 Å². The number of para-hydroxylation sites is 2. The highest BCUT2D eigenvalue weighted by molar-refractivity contribution is 6.04. The molecule has 0 aliphatic rings. The smallest absolute Gasteiger partial charge is 0.274 e. The first-order chi connectivity index (χ1) is 14.6. The van der Waals surface area contributed by atoms with Gasteiger partial charge in [-0.25, -0.2) is 4.98 Å². The first-order valence-corrected chi connectivity index (χ1v) is 9.48. The molecule has 1 heterocycles. The van der Waals surface area contributed by atoms with Crippen LogP contribution in [0.3, 0.4) is 0 Å². The van der Waals surface area contributed by atoms with Gasteiger partial charge in [-0.15, -0.1) is 0 Å². The van der Waals surface area contributed by atoms with Crippen LogP contribution in [0.25, 0.3) is 10.8 Å². The van der Waals surface area contributed by atoms with Crippen molar-refractivity contribution in [1.82, 2.24) is 4.98 Å². The molecule has 0 saturated heterocycles. The van der Waals surface area contributed by atoms with Crippen molar-refractivity contribution in [2.75, 3.05) is 16.4 Å². The van der Waals surface area contributed by atoms with E-state index in [4.69, 9.17) is 5.73 Å². The number of hydrogen-bond acceptors (Lipinski definition) is 4. The molecule has 0 atom stereocenters. The lowest BCUT2D eigenvalue weighted by Gasteiger charge is -2.09. The van der Waals surface area contributed by atoms with Crippen LogP contribution < -0.4 is 16.4 Å². The van der Waals surface area contributed by atoms with Gasteiger partial charge >= 0.3 is 0 Å². The minimum absolute atomic E-state index is 0.151. The molecule has 2 amide bonds. The Bertz CT molecular complexity index is 1210. The number of nitrogens with zero attached hydrogens (tertiary/aromatic N) is 1. The molecule has 0 radical (unpaired) electrons. The Morgan fingerprint density at radius 3 is 2.40 bits per heavy atom. The molecule has 148 valence electrons. The maximum Gasteiger partial charge on any atom is 0.274 e. The van der Waals surface area contributed by atoms with Crippen LogP contribution in [0, 0.1) is 0 Å². The minimum Gasteiger partial charge on any atom is -0.397 e. The molecule has 6 heteroatoms. The van der Waals surface area contributed by atoms with Crippen molar-refractivity contribution in [3.05, 3.63) is 96.3 Å². The number of benzene rings is 3. The number of fused-ring (bicyclic) bond motifs is 1. The molecule has 0 aliphatic carbocycles. The van der Waals surface area contributed by atoms with Gasteiger partial charge in [0, 0.05) is 0 Å². The molecule has 0 fully saturated rings. The number of carbonyl (C=O) groups is 2. The summed E-state index contributed by atoms with van der Waals surface area (Å²) >= 11 is 0. The number of rotatable bonds is 5. The predicted octanol–water partition coefficient (Wildman–Crippen LogP) is 4.25. The van der Waals surface area contributed by atoms with E-state index in [-0.39, 0.29) is 23.9 Å². The van der Waals surface area contributed by atoms with Crippen molar-refractivity contribution in [2.24, 2.45) is 0 Å². The quantitative estimate of drug-likeness (QED) is 0.439. The fourth-order valence-electron chi connectivity index (χ4n) is 3.22. The summed E-state index contributed by atoms with van der Waals surface area (Å²) in [5, 5.41) is 7.70. The SMILES string of the molecule is Nc1ccccc1NC(=O)c1ccc(NC(=O)Cc2cccc3ccccc23)cn1. The Labute approximate surface area is 173 Å². The van der Waals surface area contributed by atoms with Crippen molar-refractivity contribution in [2.45, 2.75) is 6.42 Å². The van der Waals surface area contributed by atoms with Gasteiger partial charge in [-0.3, -0.25) is 9.59 Å². The molecule has 0 spiro atoms. The lowest BCUT2D eigenvalue weighted by molar-refractivity contribution is -0.115. The van der Waals surface area contributed by atoms with E-state index < -0.39 is 0 Å². The highest BCUT2D eigenvalue weighted by atomic mass is 16.2. The molecule has 4 aromatic rings. The van der Waals surface area contributed by atoms with Crippen LogP contribution in [0.4, 0.5) is 17.1 Å². The fraction of sp³-hybridized carbons (Fsp3) is 0.0417. The summed E-state index contributed by atoms with van der Waals surface area (Å²) in [4.78, 5) is 29.0. The second-order valence-corrected chi connectivity index (χ2v) is 6.84. The largest absolute Gasteiger partial charge is 0.397 e. The van der Waals surface area contributed by atoms with Crippen LogP contribution in [0.1, 0.15) is 16.1 Å². The van der Waals surface area contributed by atoms with Crippen molar-refractivity contribution < 1.29 is 9.59 Å². The molecular formula is C24H20N4O2. The average molecular weight is 396 g/mol. The number of nitrogens with two attached hydrogens (primary N) is 1. The number of aromatic nitrogens is 1. The van der Waals surface area contributed by atoms with Crippen molar-refractivity contribution in [3.63, 3.8) is 0 Å². The lowest BCUT2D eigenvalue weighted by Crippen LogP contribution is -2.17. The molecular weight excluding hydrogens is 376 g/mol. The highest BCUT2D eigenvalue weighted by Gasteiger charge is 2.11. The Kier molecular flexibility index (Phi) is 5.39. The van der Waals surface area contributed by atoms with Gasteiger partial charge < -0.3 is 16.4 Å². The number of anilines is 3. The minimum atomic E-state index is -0.374. The summed E-state index contributed by atoms with van der Waals surface area (Å²) in [5.41, 5.74) is 8.55. The molecule has 0 aliphatic heterocycles. The second kappa shape index (κ2) is 8.45. The number of nitrogens with one attached hydrogen (secondary N) is 2. The van der Waals surface area contributed by atoms with E-state index in [1.807, 2.05) is 42.5 Å². The third kappa shape index (κ3) is 4.28. The summed E-state index contributed by atoms with van der Waals surface area (Å²) < 4.78 is 0. The van der Waals surface area contributed by atoms with Crippen LogP contribution in [0.15, 0.2) is 85.1 Å². The Hall–Kier alpha value is -4.19. The van der Waals surface area contributed by atoms with Gasteiger partial charge in [-0.2, -0.15) is 0 Å². The Balaban J connectivity index is 1.41. The van der Waals surface area contributed by atoms with Gasteiger partial charge in [0.1, 0.15) is 5.69 Å². The van der Waals surface area contributed by atoms with E-state index in [0.29, 0.717) is 17.1 Å². The number of hydrogen-bond donors (Lipinski definition) is 3. The summed E-state index contributed by atoms with van der Waals surface area (Å²) in [5.74, 6) is -0.524. The van der Waals surface area contributed by atoms with Gasteiger partial charge in [0.25, 0.3) is 5.91 Å². The number of nitrogen functional groups attached to an aromatic ring is 1. The monoisotopic (exact) mass is 396 g/mol. The number of pyridine rings is 1. The maximum atomic E-state index is 12.5. The summed E-state index contributed by atoms with van der Waals surface area (Å²) in [6.45, 7) is 0. The second-order valence-electron chi connectivity index (χ2n) is 6.84. The number of amides is 2. The molecule has 6 nitrogen and oxygen atoms in total. The van der Waals surface area contributed by atoms with Crippen LogP contribution in [-0.2, 0) is 11.2 Å². The zero-order valence-electron chi connectivity index (χ0n) is 16.1. The third-order valence-electron chi connectivity index (χ3n) is 4.72. The van der Waals surface area contributed by atoms with Crippen molar-refractivity contribution in [3.8, 4) is 0 Å². The topological polar surface area (TPSA) is 97.1 Å². The van der Waals surface area contributed by atoms with Crippen LogP contribution in [-0.4, -0.2) is 16.8 Å². The molecule has 4 rings (SSSR count). The molecule has 1 aromatic heterocycles. The first-order valence-electron chi connectivity index (χ1n) is 9.48. The van der Waals surface area contributed by atoms with E-state index in [2.05, 4.69) is 15.6 Å². The Morgan fingerprint density at radius 1 is 0.833 bits per heavy atom. The normalized spacial score (nSPS) is 10.5. The molecule has 0 unspecified atom stereocenters. The highest BCUT2D eigenvalue weighted by Crippen LogP contribution is 2.20. The molecule has 30 heavy (non-hydrogen) atoms. The van der Waals surface area contributed by atoms with Gasteiger partial charge in [0.05, 0.1) is 29.7 Å². The van der Waals surface area contributed by atoms with E-state index in [1.165, 1.54) is 6.20 Å². The third-order valence-corrected chi connectivity index (χ3v) is 4.72. The summed E-state index contributed by atoms with van der Waals surface area (Å²) in [6, 6.07) is 24.1. The summed E-state index contributed by atoms with van der Waals surface area (Å²) in [6.07, 6.45) is 1.71. The predicted molar refractivity (Wildman–Crippen MR) is 119 cm³/mol. The number of carbonyl (C=O) groups excluding carboxylic acids is 2. The zero-order valence-corrected chi connectivity index (χ0v) is 16.1. The van der Waals surface area contributed by atoms with E-state index in [1.54, 1.807) is 36.4 Å². The standard InChI is InChI=1S/C24H20N4O2/c25-20-10-3-4-11-21(20)28-24(30)22-13-12-18(15-26-22)27-23(29)14-17-8-5-7-16-6-1-2-9-19(16)17/h1-13,15H,14,25H2,(H,27,29)(H,28,30). The lowest BCUT2D eigenvalue weighted by atomic mass is 10.0.